The Balaban J connectivity index is 1.73. The first kappa shape index (κ1) is 18.6. The number of ether oxygens (including phenoxy) is 2. The summed E-state index contributed by atoms with van der Waals surface area (Å²) in [6, 6.07) is 14.7. The molecule has 0 saturated carbocycles. The topological polar surface area (TPSA) is 55.8 Å². The van der Waals surface area contributed by atoms with Crippen LogP contribution in [0.5, 0.6) is 5.75 Å². The van der Waals surface area contributed by atoms with Crippen molar-refractivity contribution in [1.82, 2.24) is 4.90 Å². The van der Waals surface area contributed by atoms with E-state index in [1.807, 2.05) is 30.3 Å². The lowest BCUT2D eigenvalue weighted by atomic mass is 10.2. The van der Waals surface area contributed by atoms with Gasteiger partial charge in [-0.05, 0) is 23.8 Å². The number of esters is 1. The molecule has 1 heterocycles. The molecule has 0 spiro atoms. The molecular weight excluding hydrogens is 349 g/mol. The molecule has 1 fully saturated rings. The van der Waals surface area contributed by atoms with Crippen LogP contribution in [0.25, 0.3) is 6.08 Å². The minimum atomic E-state index is -0.764. The van der Waals surface area contributed by atoms with E-state index in [0.29, 0.717) is 0 Å². The molecule has 1 saturated heterocycles. The number of nitrogens with zero attached hydrogens (tertiary/aromatic N) is 1. The summed E-state index contributed by atoms with van der Waals surface area (Å²) in [6.45, 7) is 0.173. The third-order valence-electron chi connectivity index (χ3n) is 4.37. The standard InChI is InChI=1S/C21H20FNO4/c1-26-21(25)18-13-16(27-19-10-6-5-9-17(19)22)14-23(18)20(24)12-11-15-7-3-2-4-8-15/h2-12,16,18H,13-14H2,1H3/b12-11+/t16-,18+/m0/s1. The highest BCUT2D eigenvalue weighted by molar-refractivity contribution is 5.95. The van der Waals surface area contributed by atoms with E-state index in [2.05, 4.69) is 0 Å². The molecule has 140 valence electrons. The molecular formula is C21H20FNO4. The first-order valence-electron chi connectivity index (χ1n) is 8.61. The van der Waals surface area contributed by atoms with Crippen LogP contribution in [-0.2, 0) is 14.3 Å². The van der Waals surface area contributed by atoms with E-state index in [9.17, 15) is 14.0 Å². The molecule has 0 aliphatic carbocycles. The Morgan fingerprint density at radius 1 is 1.11 bits per heavy atom. The van der Waals surface area contributed by atoms with Crippen molar-refractivity contribution in [3.63, 3.8) is 0 Å². The van der Waals surface area contributed by atoms with Crippen molar-refractivity contribution >= 4 is 18.0 Å². The molecule has 0 N–H and O–H groups in total. The molecule has 0 aromatic heterocycles. The van der Waals surface area contributed by atoms with Gasteiger partial charge in [0, 0.05) is 12.5 Å². The largest absolute Gasteiger partial charge is 0.485 e. The van der Waals surface area contributed by atoms with Crippen LogP contribution in [0.1, 0.15) is 12.0 Å². The van der Waals surface area contributed by atoms with E-state index >= 15 is 0 Å². The van der Waals surface area contributed by atoms with E-state index in [0.717, 1.165) is 5.56 Å². The number of hydrogen-bond acceptors (Lipinski definition) is 4. The SMILES string of the molecule is COC(=O)[C@H]1C[C@H](Oc2ccccc2F)CN1C(=O)/C=C/c1ccccc1. The Labute approximate surface area is 157 Å². The van der Waals surface area contributed by atoms with Crippen molar-refractivity contribution in [2.45, 2.75) is 18.6 Å². The van der Waals surface area contributed by atoms with Crippen molar-refractivity contribution in [1.29, 1.82) is 0 Å². The van der Waals surface area contributed by atoms with Crippen LogP contribution >= 0.6 is 0 Å². The third-order valence-corrected chi connectivity index (χ3v) is 4.37. The van der Waals surface area contributed by atoms with Crippen LogP contribution in [0.2, 0.25) is 0 Å². The normalized spacial score (nSPS) is 19.3. The van der Waals surface area contributed by atoms with Gasteiger partial charge in [-0.15, -0.1) is 0 Å². The molecule has 27 heavy (non-hydrogen) atoms. The van der Waals surface area contributed by atoms with Crippen LogP contribution in [0.15, 0.2) is 60.7 Å². The van der Waals surface area contributed by atoms with Gasteiger partial charge in [-0.3, -0.25) is 4.79 Å². The number of para-hydroxylation sites is 1. The van der Waals surface area contributed by atoms with Gasteiger partial charge in [-0.25, -0.2) is 9.18 Å². The first-order valence-corrected chi connectivity index (χ1v) is 8.61. The number of benzene rings is 2. The zero-order valence-electron chi connectivity index (χ0n) is 14.9. The molecule has 5 nitrogen and oxygen atoms in total. The number of carbonyl (C=O) groups is 2. The lowest BCUT2D eigenvalue weighted by molar-refractivity contribution is -0.149. The average molecular weight is 369 g/mol. The molecule has 1 aliphatic heterocycles. The average Bonchev–Trinajstić information content (AvgIpc) is 3.12. The molecule has 0 unspecified atom stereocenters. The molecule has 6 heteroatoms. The molecule has 1 aliphatic rings. The number of halogens is 1. The molecule has 0 radical (unpaired) electrons. The highest BCUT2D eigenvalue weighted by Gasteiger charge is 2.41. The van der Waals surface area contributed by atoms with E-state index < -0.39 is 23.9 Å². The zero-order valence-corrected chi connectivity index (χ0v) is 14.9. The van der Waals surface area contributed by atoms with Crippen molar-refractivity contribution in [2.75, 3.05) is 13.7 Å². The van der Waals surface area contributed by atoms with E-state index in [-0.39, 0.29) is 24.6 Å². The molecule has 2 atom stereocenters. The maximum Gasteiger partial charge on any atom is 0.328 e. The minimum absolute atomic E-state index is 0.0974. The molecule has 2 aromatic carbocycles. The lowest BCUT2D eigenvalue weighted by Crippen LogP contribution is -2.40. The zero-order chi connectivity index (χ0) is 19.2. The van der Waals surface area contributed by atoms with E-state index in [1.54, 1.807) is 18.2 Å². The van der Waals surface area contributed by atoms with Gasteiger partial charge >= 0.3 is 5.97 Å². The predicted octanol–water partition coefficient (Wildman–Crippen LogP) is 3.06. The second-order valence-corrected chi connectivity index (χ2v) is 6.18. The van der Waals surface area contributed by atoms with Gasteiger partial charge < -0.3 is 14.4 Å². The highest BCUT2D eigenvalue weighted by atomic mass is 19.1. The molecule has 2 aromatic rings. The third kappa shape index (κ3) is 4.53. The van der Waals surface area contributed by atoms with Crippen molar-refractivity contribution in [3.8, 4) is 5.75 Å². The summed E-state index contributed by atoms with van der Waals surface area (Å²) in [7, 11) is 1.27. The van der Waals surface area contributed by atoms with Crippen LogP contribution in [0.3, 0.4) is 0 Å². The Hall–Kier alpha value is -3.15. The summed E-state index contributed by atoms with van der Waals surface area (Å²) in [5, 5.41) is 0. The van der Waals surface area contributed by atoms with Gasteiger partial charge in [0.1, 0.15) is 12.1 Å². The fraction of sp³-hybridized carbons (Fsp3) is 0.238. The van der Waals surface area contributed by atoms with Crippen molar-refractivity contribution in [3.05, 3.63) is 72.1 Å². The van der Waals surface area contributed by atoms with Gasteiger partial charge in [0.05, 0.1) is 13.7 Å². The quantitative estimate of drug-likeness (QED) is 0.600. The predicted molar refractivity (Wildman–Crippen MR) is 98.4 cm³/mol. The van der Waals surface area contributed by atoms with E-state index in [1.165, 1.54) is 30.2 Å². The Bertz CT molecular complexity index is 837. The van der Waals surface area contributed by atoms with Gasteiger partial charge in [-0.1, -0.05) is 42.5 Å². The molecule has 0 bridgehead atoms. The monoisotopic (exact) mass is 369 g/mol. The summed E-state index contributed by atoms with van der Waals surface area (Å²) in [6.07, 6.45) is 2.84. The minimum Gasteiger partial charge on any atom is -0.485 e. The van der Waals surface area contributed by atoms with Crippen LogP contribution in [0.4, 0.5) is 4.39 Å². The smallest absolute Gasteiger partial charge is 0.328 e. The Morgan fingerprint density at radius 3 is 2.52 bits per heavy atom. The summed E-state index contributed by atoms with van der Waals surface area (Å²) < 4.78 is 24.3. The number of carbonyl (C=O) groups excluding carboxylic acids is 2. The van der Waals surface area contributed by atoms with Gasteiger partial charge in [0.25, 0.3) is 0 Å². The van der Waals surface area contributed by atoms with Gasteiger partial charge in [-0.2, -0.15) is 0 Å². The fourth-order valence-electron chi connectivity index (χ4n) is 3.03. The van der Waals surface area contributed by atoms with Crippen LogP contribution < -0.4 is 4.74 Å². The summed E-state index contributed by atoms with van der Waals surface area (Å²) in [4.78, 5) is 26.1. The Morgan fingerprint density at radius 2 is 1.81 bits per heavy atom. The summed E-state index contributed by atoms with van der Waals surface area (Å²) >= 11 is 0. The van der Waals surface area contributed by atoms with Crippen molar-refractivity contribution < 1.29 is 23.5 Å². The maximum absolute atomic E-state index is 13.8. The fourth-order valence-corrected chi connectivity index (χ4v) is 3.03. The summed E-state index contributed by atoms with van der Waals surface area (Å²) in [5.41, 5.74) is 0.874. The number of amides is 1. The second-order valence-electron chi connectivity index (χ2n) is 6.18. The van der Waals surface area contributed by atoms with Gasteiger partial charge in [0.15, 0.2) is 11.6 Å². The number of methoxy groups -OCH3 is 1. The lowest BCUT2D eigenvalue weighted by Gasteiger charge is -2.20. The van der Waals surface area contributed by atoms with E-state index in [4.69, 9.17) is 9.47 Å². The number of rotatable bonds is 5. The Kier molecular flexibility index (Phi) is 5.86. The van der Waals surface area contributed by atoms with Gasteiger partial charge in [0.2, 0.25) is 5.91 Å². The molecule has 1 amide bonds. The summed E-state index contributed by atoms with van der Waals surface area (Å²) in [5.74, 6) is -1.23. The first-order chi connectivity index (χ1) is 13.1. The number of hydrogen-bond donors (Lipinski definition) is 0. The van der Waals surface area contributed by atoms with Crippen LogP contribution in [0, 0.1) is 5.82 Å². The highest BCUT2D eigenvalue weighted by Crippen LogP contribution is 2.26. The molecule has 3 rings (SSSR count). The van der Waals surface area contributed by atoms with Crippen molar-refractivity contribution in [2.24, 2.45) is 0 Å². The number of likely N-dealkylation sites (tertiary alicyclic amines) is 1. The van der Waals surface area contributed by atoms with Crippen LogP contribution in [-0.4, -0.2) is 42.6 Å². The second kappa shape index (κ2) is 8.49. The maximum atomic E-state index is 13.8.